The summed E-state index contributed by atoms with van der Waals surface area (Å²) < 4.78 is 41.9. The van der Waals surface area contributed by atoms with E-state index in [1.54, 1.807) is 29.2 Å². The number of pyridine rings is 1. The number of amides is 1. The van der Waals surface area contributed by atoms with E-state index in [2.05, 4.69) is 20.9 Å². The zero-order valence-electron chi connectivity index (χ0n) is 23.8. The Morgan fingerprint density at radius 2 is 1.95 bits per heavy atom. The van der Waals surface area contributed by atoms with Crippen LogP contribution >= 0.6 is 0 Å². The van der Waals surface area contributed by atoms with Crippen molar-refractivity contribution in [2.75, 3.05) is 25.6 Å². The Morgan fingerprint density at radius 3 is 2.63 bits per heavy atom. The zero-order chi connectivity index (χ0) is 29.6. The van der Waals surface area contributed by atoms with Crippen LogP contribution in [0.25, 0.3) is 32.9 Å². The molecule has 10 heteroatoms. The molecule has 5 rings (SSSR count). The molecule has 0 saturated carbocycles. The smallest absolute Gasteiger partial charge is 0.410 e. The number of carbonyl (C=O) groups excluding carboxylic acids is 1. The number of methoxy groups -OCH3 is 1. The van der Waals surface area contributed by atoms with Crippen LogP contribution < -0.4 is 9.64 Å². The number of anilines is 1. The summed E-state index contributed by atoms with van der Waals surface area (Å²) in [6.07, 6.45) is 7.39. The molecular formula is C31H31F2N5O3. The fraction of sp³-hybridized carbons (Fsp3) is 0.355. The molecule has 1 saturated heterocycles. The number of fused-ring (bicyclic) bond motifs is 2. The Kier molecular flexibility index (Phi) is 7.15. The Balaban J connectivity index is 1.60. The molecule has 1 fully saturated rings. The van der Waals surface area contributed by atoms with E-state index in [1.165, 1.54) is 19.4 Å². The lowest BCUT2D eigenvalue weighted by Crippen LogP contribution is -2.45. The SMILES string of the molecule is C#Cc1c(F)ccc2cccc(-c3ncc4c(N(C)C5CCN(C(=O)OC(C)(C)C)C5C)nc(OC)nc4c3F)c12. The van der Waals surface area contributed by atoms with Gasteiger partial charge in [-0.25, -0.2) is 13.6 Å². The molecule has 0 bridgehead atoms. The lowest BCUT2D eigenvalue weighted by molar-refractivity contribution is 0.0233. The highest BCUT2D eigenvalue weighted by atomic mass is 19.1. The summed E-state index contributed by atoms with van der Waals surface area (Å²) in [5, 5.41) is 1.41. The fourth-order valence-electron chi connectivity index (χ4n) is 5.44. The normalized spacial score (nSPS) is 17.1. The van der Waals surface area contributed by atoms with Crippen molar-refractivity contribution < 1.29 is 23.0 Å². The van der Waals surface area contributed by atoms with Gasteiger partial charge >= 0.3 is 12.1 Å². The van der Waals surface area contributed by atoms with E-state index in [9.17, 15) is 9.18 Å². The number of aromatic nitrogens is 3. The number of hydrogen-bond donors (Lipinski definition) is 0. The predicted octanol–water partition coefficient (Wildman–Crippen LogP) is 5.95. The van der Waals surface area contributed by atoms with Crippen LogP contribution in [0, 0.1) is 24.0 Å². The van der Waals surface area contributed by atoms with Gasteiger partial charge in [0.1, 0.15) is 28.4 Å². The van der Waals surface area contributed by atoms with E-state index < -0.39 is 17.2 Å². The Morgan fingerprint density at radius 1 is 1.20 bits per heavy atom. The van der Waals surface area contributed by atoms with Gasteiger partial charge in [0.15, 0.2) is 5.82 Å². The summed E-state index contributed by atoms with van der Waals surface area (Å²) in [5.41, 5.74) is -0.266. The van der Waals surface area contributed by atoms with Crippen LogP contribution in [0.4, 0.5) is 19.4 Å². The van der Waals surface area contributed by atoms with Crippen molar-refractivity contribution >= 4 is 33.6 Å². The topological polar surface area (TPSA) is 80.7 Å². The van der Waals surface area contributed by atoms with Gasteiger partial charge in [0.05, 0.1) is 30.1 Å². The van der Waals surface area contributed by atoms with Gasteiger partial charge in [0, 0.05) is 30.7 Å². The number of likely N-dealkylation sites (N-methyl/N-ethyl adjacent to an activating group) is 1. The third kappa shape index (κ3) is 4.97. The summed E-state index contributed by atoms with van der Waals surface area (Å²) in [6.45, 7) is 7.92. The standard InChI is InChI=1S/C31H31F2N5O3/c1-8-19-22(32)13-12-18-10-9-11-20(24(18)19)26-25(33)27-21(16-34-26)28(36-29(35-27)40-7)37(6)23-14-15-38(17(23)2)30(39)41-31(3,4)5/h1,9-13,16-17,23H,14-15H2,2-7H3. The number of ether oxygens (including phenoxy) is 2. The highest BCUT2D eigenvalue weighted by Crippen LogP contribution is 2.37. The molecule has 212 valence electrons. The van der Waals surface area contributed by atoms with Crippen molar-refractivity contribution in [1.82, 2.24) is 19.9 Å². The fourth-order valence-corrected chi connectivity index (χ4v) is 5.44. The van der Waals surface area contributed by atoms with Crippen molar-refractivity contribution in [3.8, 4) is 29.6 Å². The third-order valence-electron chi connectivity index (χ3n) is 7.39. The van der Waals surface area contributed by atoms with Crippen LogP contribution in [-0.2, 0) is 4.74 Å². The number of terminal acetylenes is 1. The van der Waals surface area contributed by atoms with Crippen LogP contribution in [0.3, 0.4) is 0 Å². The summed E-state index contributed by atoms with van der Waals surface area (Å²) >= 11 is 0. The average Bonchev–Trinajstić information content (AvgIpc) is 3.32. The first-order valence-corrected chi connectivity index (χ1v) is 13.3. The third-order valence-corrected chi connectivity index (χ3v) is 7.39. The second kappa shape index (κ2) is 10.5. The molecule has 0 aliphatic carbocycles. The molecule has 2 aromatic carbocycles. The molecule has 1 amide bonds. The van der Waals surface area contributed by atoms with Gasteiger partial charge < -0.3 is 19.3 Å². The highest BCUT2D eigenvalue weighted by molar-refractivity contribution is 6.02. The zero-order valence-corrected chi connectivity index (χ0v) is 23.8. The minimum absolute atomic E-state index is 0.00554. The molecule has 41 heavy (non-hydrogen) atoms. The van der Waals surface area contributed by atoms with Gasteiger partial charge in [0.25, 0.3) is 0 Å². The van der Waals surface area contributed by atoms with Crippen molar-refractivity contribution in [2.45, 2.75) is 51.8 Å². The summed E-state index contributed by atoms with van der Waals surface area (Å²) in [6, 6.07) is 7.66. The first-order valence-electron chi connectivity index (χ1n) is 13.3. The molecule has 0 spiro atoms. The first-order chi connectivity index (χ1) is 19.4. The van der Waals surface area contributed by atoms with Gasteiger partial charge in [-0.15, -0.1) is 6.42 Å². The lowest BCUT2D eigenvalue weighted by atomic mass is 9.96. The van der Waals surface area contributed by atoms with E-state index in [4.69, 9.17) is 15.9 Å². The summed E-state index contributed by atoms with van der Waals surface area (Å²) in [4.78, 5) is 29.7. The minimum atomic E-state index is -0.715. The molecule has 2 unspecified atom stereocenters. The predicted molar refractivity (Wildman–Crippen MR) is 154 cm³/mol. The minimum Gasteiger partial charge on any atom is -0.467 e. The number of rotatable bonds is 4. The monoisotopic (exact) mass is 559 g/mol. The van der Waals surface area contributed by atoms with E-state index in [0.29, 0.717) is 40.5 Å². The quantitative estimate of drug-likeness (QED) is 0.286. The Labute approximate surface area is 237 Å². The molecule has 1 aliphatic heterocycles. The van der Waals surface area contributed by atoms with E-state index in [0.717, 1.165) is 0 Å². The lowest BCUT2D eigenvalue weighted by Gasteiger charge is -2.33. The molecule has 0 N–H and O–H groups in total. The van der Waals surface area contributed by atoms with Crippen LogP contribution in [0.15, 0.2) is 36.5 Å². The van der Waals surface area contributed by atoms with Crippen molar-refractivity contribution in [3.63, 3.8) is 0 Å². The Bertz CT molecular complexity index is 1710. The first kappa shape index (κ1) is 28.0. The van der Waals surface area contributed by atoms with Crippen molar-refractivity contribution in [2.24, 2.45) is 0 Å². The van der Waals surface area contributed by atoms with E-state index in [1.807, 2.05) is 39.6 Å². The second-order valence-corrected chi connectivity index (χ2v) is 11.1. The van der Waals surface area contributed by atoms with Crippen LogP contribution in [0.2, 0.25) is 0 Å². The molecule has 0 radical (unpaired) electrons. The van der Waals surface area contributed by atoms with Crippen molar-refractivity contribution in [1.29, 1.82) is 0 Å². The molecule has 1 aliphatic rings. The van der Waals surface area contributed by atoms with Gasteiger partial charge in [0.2, 0.25) is 0 Å². The molecule has 2 aromatic heterocycles. The number of nitrogens with zero attached hydrogens (tertiary/aromatic N) is 5. The van der Waals surface area contributed by atoms with Gasteiger partial charge in [-0.1, -0.05) is 30.2 Å². The molecule has 4 aromatic rings. The van der Waals surface area contributed by atoms with Gasteiger partial charge in [-0.2, -0.15) is 9.97 Å². The molecule has 2 atom stereocenters. The summed E-state index contributed by atoms with van der Waals surface area (Å²) in [5.74, 6) is 1.50. The highest BCUT2D eigenvalue weighted by Gasteiger charge is 2.39. The number of likely N-dealkylation sites (tertiary alicyclic amines) is 1. The molecular weight excluding hydrogens is 528 g/mol. The van der Waals surface area contributed by atoms with Crippen LogP contribution in [-0.4, -0.2) is 64.3 Å². The van der Waals surface area contributed by atoms with Crippen molar-refractivity contribution in [3.05, 3.63) is 53.7 Å². The van der Waals surface area contributed by atoms with Crippen LogP contribution in [0.5, 0.6) is 6.01 Å². The average molecular weight is 560 g/mol. The maximum Gasteiger partial charge on any atom is 0.410 e. The summed E-state index contributed by atoms with van der Waals surface area (Å²) in [7, 11) is 3.24. The maximum atomic E-state index is 16.3. The van der Waals surface area contributed by atoms with E-state index >= 15 is 4.39 Å². The largest absolute Gasteiger partial charge is 0.467 e. The second-order valence-electron chi connectivity index (χ2n) is 11.1. The molecule has 8 nitrogen and oxygen atoms in total. The van der Waals surface area contributed by atoms with Crippen LogP contribution in [0.1, 0.15) is 39.7 Å². The van der Waals surface area contributed by atoms with Gasteiger partial charge in [-0.05, 0) is 45.6 Å². The number of carbonyl (C=O) groups is 1. The Hall–Kier alpha value is -4.52. The molecule has 3 heterocycles. The number of halogens is 2. The van der Waals surface area contributed by atoms with E-state index in [-0.39, 0.29) is 41.0 Å². The van der Waals surface area contributed by atoms with Gasteiger partial charge in [-0.3, -0.25) is 4.98 Å². The maximum absolute atomic E-state index is 16.3. The number of benzene rings is 2. The number of hydrogen-bond acceptors (Lipinski definition) is 7.